The number of morpholine rings is 1. The molecule has 1 atom stereocenters. The Morgan fingerprint density at radius 3 is 2.47 bits per heavy atom. The van der Waals surface area contributed by atoms with E-state index in [1.807, 2.05) is 16.7 Å². The SMILES string of the molecule is CCNC(=O)Nc1sc2c(c1C(=O)N1CCC(N3CCCC(C(=O)N4CCOCC4)C3)CC1)CCCC2=O. The lowest BCUT2D eigenvalue weighted by atomic mass is 9.92. The zero-order valence-electron chi connectivity index (χ0n) is 22.3. The molecule has 0 bridgehead atoms. The summed E-state index contributed by atoms with van der Waals surface area (Å²) in [6.07, 6.45) is 5.56. The summed E-state index contributed by atoms with van der Waals surface area (Å²) in [6, 6.07) is -0.0113. The van der Waals surface area contributed by atoms with Crippen molar-refractivity contribution in [1.82, 2.24) is 20.0 Å². The van der Waals surface area contributed by atoms with Gasteiger partial charge in [-0.2, -0.15) is 0 Å². The monoisotopic (exact) mass is 545 g/mol. The Kier molecular flexibility index (Phi) is 8.64. The Balaban J connectivity index is 1.23. The number of nitrogens with zero attached hydrogens (tertiary/aromatic N) is 3. The second kappa shape index (κ2) is 12.1. The van der Waals surface area contributed by atoms with Crippen LogP contribution in [0.3, 0.4) is 0 Å². The van der Waals surface area contributed by atoms with Gasteiger partial charge in [0.1, 0.15) is 5.00 Å². The van der Waals surface area contributed by atoms with Crippen LogP contribution in [-0.4, -0.2) is 103 Å². The van der Waals surface area contributed by atoms with E-state index in [4.69, 9.17) is 4.74 Å². The number of urea groups is 1. The summed E-state index contributed by atoms with van der Waals surface area (Å²) >= 11 is 1.23. The Labute approximate surface area is 228 Å². The number of carbonyl (C=O) groups is 4. The molecule has 1 aliphatic carbocycles. The fourth-order valence-corrected chi connectivity index (χ4v) is 7.47. The first-order valence-electron chi connectivity index (χ1n) is 14.1. The number of ether oxygens (including phenoxy) is 1. The van der Waals surface area contributed by atoms with Gasteiger partial charge < -0.3 is 19.9 Å². The van der Waals surface area contributed by atoms with Gasteiger partial charge >= 0.3 is 6.03 Å². The number of Topliss-reactive ketones (excluding diaryl/α,β-unsaturated/α-hetero) is 1. The average Bonchev–Trinajstić information content (AvgIpc) is 3.32. The molecule has 3 fully saturated rings. The van der Waals surface area contributed by atoms with Crippen molar-refractivity contribution in [2.24, 2.45) is 5.92 Å². The minimum Gasteiger partial charge on any atom is -0.378 e. The van der Waals surface area contributed by atoms with Crippen LogP contribution >= 0.6 is 11.3 Å². The summed E-state index contributed by atoms with van der Waals surface area (Å²) in [5.41, 5.74) is 1.29. The molecule has 38 heavy (non-hydrogen) atoms. The standard InChI is InChI=1S/C27H39N5O5S/c1-2-28-27(36)29-24-22(20-6-3-7-21(33)23(20)38-24)26(35)30-11-8-19(9-12-30)32-10-4-5-18(17-32)25(34)31-13-15-37-16-14-31/h18-19H,2-17H2,1H3,(H2,28,29,36). The molecule has 2 N–H and O–H groups in total. The van der Waals surface area contributed by atoms with Gasteiger partial charge in [-0.15, -0.1) is 11.3 Å². The molecule has 1 unspecified atom stereocenters. The minimum atomic E-state index is -0.363. The lowest BCUT2D eigenvalue weighted by Crippen LogP contribution is -2.53. The van der Waals surface area contributed by atoms with Crippen LogP contribution in [0.2, 0.25) is 0 Å². The van der Waals surface area contributed by atoms with Crippen molar-refractivity contribution in [2.75, 3.05) is 64.3 Å². The van der Waals surface area contributed by atoms with E-state index in [1.165, 1.54) is 11.3 Å². The molecule has 3 aliphatic heterocycles. The first-order chi connectivity index (χ1) is 18.5. The van der Waals surface area contributed by atoms with Gasteiger partial charge in [-0.25, -0.2) is 4.79 Å². The highest BCUT2D eigenvalue weighted by Crippen LogP contribution is 2.39. The molecule has 208 valence electrons. The molecular formula is C27H39N5O5S. The number of nitrogens with one attached hydrogen (secondary N) is 2. The average molecular weight is 546 g/mol. The number of anilines is 1. The number of rotatable bonds is 5. The van der Waals surface area contributed by atoms with Crippen LogP contribution in [-0.2, 0) is 16.0 Å². The normalized spacial score (nSPS) is 23.2. The predicted molar refractivity (Wildman–Crippen MR) is 145 cm³/mol. The van der Waals surface area contributed by atoms with Crippen molar-refractivity contribution in [3.8, 4) is 0 Å². The number of fused-ring (bicyclic) bond motifs is 1. The minimum absolute atomic E-state index is 0.0410. The number of hydrogen-bond acceptors (Lipinski definition) is 7. The molecule has 3 saturated heterocycles. The van der Waals surface area contributed by atoms with E-state index < -0.39 is 0 Å². The first-order valence-corrected chi connectivity index (χ1v) is 14.9. The molecule has 10 nitrogen and oxygen atoms in total. The van der Waals surface area contributed by atoms with Crippen LogP contribution in [0.1, 0.15) is 71.0 Å². The molecule has 5 rings (SSSR count). The number of thiophene rings is 1. The summed E-state index contributed by atoms with van der Waals surface area (Å²) in [6.45, 7) is 7.96. The third kappa shape index (κ3) is 5.74. The fraction of sp³-hybridized carbons (Fsp3) is 0.704. The van der Waals surface area contributed by atoms with Gasteiger partial charge in [0.25, 0.3) is 5.91 Å². The molecule has 0 saturated carbocycles. The molecular weight excluding hydrogens is 506 g/mol. The van der Waals surface area contributed by atoms with Crippen molar-refractivity contribution in [1.29, 1.82) is 0 Å². The van der Waals surface area contributed by atoms with Crippen LogP contribution in [0, 0.1) is 5.92 Å². The van der Waals surface area contributed by atoms with Crippen molar-refractivity contribution >= 4 is 40.0 Å². The predicted octanol–water partition coefficient (Wildman–Crippen LogP) is 2.58. The number of likely N-dealkylation sites (tertiary alicyclic amines) is 2. The van der Waals surface area contributed by atoms with E-state index >= 15 is 0 Å². The third-order valence-electron chi connectivity index (χ3n) is 8.26. The molecule has 0 aromatic carbocycles. The molecule has 4 amide bonds. The van der Waals surface area contributed by atoms with Crippen molar-refractivity contribution < 1.29 is 23.9 Å². The van der Waals surface area contributed by atoms with Gasteiger partial charge in [-0.1, -0.05) is 0 Å². The second-order valence-corrected chi connectivity index (χ2v) is 11.7. The van der Waals surface area contributed by atoms with E-state index in [1.54, 1.807) is 0 Å². The number of carbonyl (C=O) groups excluding carboxylic acids is 4. The highest BCUT2D eigenvalue weighted by Gasteiger charge is 2.37. The van der Waals surface area contributed by atoms with E-state index in [0.29, 0.717) is 80.3 Å². The van der Waals surface area contributed by atoms with E-state index in [2.05, 4.69) is 15.5 Å². The molecule has 4 heterocycles. The zero-order chi connectivity index (χ0) is 26.6. The molecule has 11 heteroatoms. The van der Waals surface area contributed by atoms with Crippen LogP contribution in [0.4, 0.5) is 9.80 Å². The summed E-state index contributed by atoms with van der Waals surface area (Å²) in [4.78, 5) is 58.6. The zero-order valence-corrected chi connectivity index (χ0v) is 23.1. The molecule has 1 aromatic heterocycles. The van der Waals surface area contributed by atoms with Crippen molar-refractivity contribution in [3.05, 3.63) is 16.0 Å². The largest absolute Gasteiger partial charge is 0.378 e. The number of hydrogen-bond donors (Lipinski definition) is 2. The maximum absolute atomic E-state index is 13.8. The number of ketones is 1. The smallest absolute Gasteiger partial charge is 0.319 e. The highest BCUT2D eigenvalue weighted by atomic mass is 32.1. The number of amides is 4. The number of piperidine rings is 2. The Morgan fingerprint density at radius 2 is 1.74 bits per heavy atom. The molecule has 4 aliphatic rings. The van der Waals surface area contributed by atoms with Crippen molar-refractivity contribution in [2.45, 2.75) is 57.9 Å². The summed E-state index contributed by atoms with van der Waals surface area (Å²) in [5.74, 6) is 0.259. The fourth-order valence-electron chi connectivity index (χ4n) is 6.26. The van der Waals surface area contributed by atoms with Gasteiger partial charge in [0.15, 0.2) is 5.78 Å². The summed E-state index contributed by atoms with van der Waals surface area (Å²) in [5, 5.41) is 6.02. The van der Waals surface area contributed by atoms with Crippen LogP contribution in [0.25, 0.3) is 0 Å². The van der Waals surface area contributed by atoms with E-state index in [9.17, 15) is 19.2 Å². The van der Waals surface area contributed by atoms with Gasteiger partial charge in [0.05, 0.1) is 29.6 Å². The lowest BCUT2D eigenvalue weighted by Gasteiger charge is -2.43. The van der Waals surface area contributed by atoms with Crippen LogP contribution in [0.15, 0.2) is 0 Å². The lowest BCUT2D eigenvalue weighted by molar-refractivity contribution is -0.141. The quantitative estimate of drug-likeness (QED) is 0.589. The van der Waals surface area contributed by atoms with Gasteiger partial charge in [-0.05, 0) is 57.6 Å². The maximum Gasteiger partial charge on any atom is 0.319 e. The van der Waals surface area contributed by atoms with Crippen LogP contribution in [0.5, 0.6) is 0 Å². The third-order valence-corrected chi connectivity index (χ3v) is 9.45. The van der Waals surface area contributed by atoms with Gasteiger partial charge in [-0.3, -0.25) is 24.6 Å². The Bertz CT molecular complexity index is 1060. The Hall–Kier alpha value is -2.50. The summed E-state index contributed by atoms with van der Waals surface area (Å²) in [7, 11) is 0. The van der Waals surface area contributed by atoms with Crippen molar-refractivity contribution in [3.63, 3.8) is 0 Å². The second-order valence-electron chi connectivity index (χ2n) is 10.7. The molecule has 0 spiro atoms. The van der Waals surface area contributed by atoms with Crippen LogP contribution < -0.4 is 10.6 Å². The van der Waals surface area contributed by atoms with E-state index in [-0.39, 0.29) is 29.5 Å². The topological polar surface area (TPSA) is 111 Å². The maximum atomic E-state index is 13.8. The first kappa shape index (κ1) is 27.1. The molecule has 0 radical (unpaired) electrons. The molecule has 1 aromatic rings. The highest BCUT2D eigenvalue weighted by molar-refractivity contribution is 7.18. The van der Waals surface area contributed by atoms with Gasteiger partial charge in [0, 0.05) is 51.7 Å². The van der Waals surface area contributed by atoms with Gasteiger partial charge in [0.2, 0.25) is 5.91 Å². The Morgan fingerprint density at radius 1 is 0.974 bits per heavy atom. The summed E-state index contributed by atoms with van der Waals surface area (Å²) < 4.78 is 5.41. The van der Waals surface area contributed by atoms with E-state index in [0.717, 1.165) is 50.8 Å².